The Hall–Kier alpha value is -1.16. The quantitative estimate of drug-likeness (QED) is 0.117. The molecule has 11 nitrogen and oxygen atoms in total. The summed E-state index contributed by atoms with van der Waals surface area (Å²) in [4.78, 5) is 12.8. The van der Waals surface area contributed by atoms with Gasteiger partial charge < -0.3 is 47.1 Å². The van der Waals surface area contributed by atoms with Gasteiger partial charge >= 0.3 is 5.97 Å². The first-order valence-electron chi connectivity index (χ1n) is 24.5. The van der Waals surface area contributed by atoms with Crippen LogP contribution in [0.3, 0.4) is 0 Å². The molecule has 366 valence electrons. The Morgan fingerprint density at radius 1 is 0.953 bits per heavy atom. The van der Waals surface area contributed by atoms with Crippen LogP contribution in [0.4, 0.5) is 0 Å². The van der Waals surface area contributed by atoms with Gasteiger partial charge in [-0.1, -0.05) is 86.0 Å². The van der Waals surface area contributed by atoms with Crippen LogP contribution in [0.1, 0.15) is 133 Å². The van der Waals surface area contributed by atoms with Crippen LogP contribution in [0.15, 0.2) is 24.3 Å². The highest BCUT2D eigenvalue weighted by Gasteiger charge is 2.63. The maximum absolute atomic E-state index is 12.8. The third-order valence-corrected chi connectivity index (χ3v) is 21.8. The fraction of sp³-hybridized carbons (Fsp3) is 0.863. The van der Waals surface area contributed by atoms with Gasteiger partial charge in [0.15, 0.2) is 19.9 Å². The van der Waals surface area contributed by atoms with Crippen LogP contribution in [0.5, 0.6) is 0 Å². The predicted molar refractivity (Wildman–Crippen MR) is 252 cm³/mol. The first-order valence-corrected chi connectivity index (χ1v) is 27.8. The zero-order valence-corrected chi connectivity index (χ0v) is 44.0. The largest absolute Gasteiger partial charge is 0.469 e. The average Bonchev–Trinajstić information content (AvgIpc) is 3.97. The van der Waals surface area contributed by atoms with E-state index in [-0.39, 0.29) is 71.3 Å². The third-order valence-electron chi connectivity index (χ3n) is 17.1. The number of hydrogen-bond donors (Lipinski definition) is 0. The van der Waals surface area contributed by atoms with Gasteiger partial charge in [0.05, 0.1) is 80.2 Å². The molecular formula is C51H85ClO11Si. The Balaban J connectivity index is 1.18. The zero-order chi connectivity index (χ0) is 47.2. The van der Waals surface area contributed by atoms with Crippen molar-refractivity contribution < 1.29 is 51.9 Å². The Kier molecular flexibility index (Phi) is 16.4. The number of esters is 1. The molecule has 1 aromatic rings. The maximum Gasteiger partial charge on any atom is 0.311 e. The van der Waals surface area contributed by atoms with Gasteiger partial charge in [0.2, 0.25) is 0 Å². The molecule has 0 bridgehead atoms. The number of benzene rings is 1. The molecular weight excluding hydrogens is 852 g/mol. The van der Waals surface area contributed by atoms with Crippen molar-refractivity contribution in [1.29, 1.82) is 0 Å². The van der Waals surface area contributed by atoms with Crippen molar-refractivity contribution in [3.8, 4) is 0 Å². The summed E-state index contributed by atoms with van der Waals surface area (Å²) in [7, 11) is 2.79. The van der Waals surface area contributed by atoms with Crippen LogP contribution in [-0.4, -0.2) is 108 Å². The van der Waals surface area contributed by atoms with Gasteiger partial charge in [-0.05, 0) is 100 Å². The van der Waals surface area contributed by atoms with E-state index in [0.717, 1.165) is 44.1 Å². The number of carbonyl (C=O) groups is 1. The lowest BCUT2D eigenvalue weighted by molar-refractivity contribution is -0.340. The maximum atomic E-state index is 12.8. The Morgan fingerprint density at radius 3 is 2.25 bits per heavy atom. The van der Waals surface area contributed by atoms with E-state index in [4.69, 9.17) is 58.7 Å². The normalized spacial score (nSPS) is 41.0. The molecule has 0 N–H and O–H groups in total. The smallest absolute Gasteiger partial charge is 0.311 e. The fourth-order valence-electron chi connectivity index (χ4n) is 11.8. The lowest BCUT2D eigenvalue weighted by atomic mass is 9.78. The monoisotopic (exact) mass is 937 g/mol. The highest BCUT2D eigenvalue weighted by molar-refractivity contribution is 6.74. The highest BCUT2D eigenvalue weighted by atomic mass is 35.5. The Morgan fingerprint density at radius 2 is 1.64 bits per heavy atom. The molecule has 0 amide bonds. The molecule has 0 saturated carbocycles. The van der Waals surface area contributed by atoms with Gasteiger partial charge in [0.25, 0.3) is 0 Å². The summed E-state index contributed by atoms with van der Waals surface area (Å²) in [6.45, 7) is 29.6. The summed E-state index contributed by atoms with van der Waals surface area (Å²) in [5.41, 5.74) is -0.0249. The molecule has 17 atom stereocenters. The molecule has 5 heterocycles. The predicted octanol–water partition coefficient (Wildman–Crippen LogP) is 10.9. The number of rotatable bonds is 16. The minimum atomic E-state index is -2.05. The van der Waals surface area contributed by atoms with E-state index in [1.165, 1.54) is 7.11 Å². The molecule has 0 aromatic heterocycles. The minimum absolute atomic E-state index is 0.0202. The van der Waals surface area contributed by atoms with Gasteiger partial charge in [-0.25, -0.2) is 0 Å². The molecule has 0 unspecified atom stereocenters. The standard InChI is InChI=1S/C51H85ClO11Si/c1-17-49(45-32(3)27-39(59-45)42-31(2)26-33(4)51(56-14,62-42)30-58-64(15,16)47(8,9)10)23-22-41(60-49)48(11)24-25-50(63-48)28-40(57-29-37-18-20-38(52)21-19-37)34(5)44(61-50)35(6)43(54-12)36(7)46(53)55-13/h18-21,31-36,39-45H,17,22-30H2,1-16H3/t31-,32-,33+,34+,35-,36-,39+,40-,41+,42-,43+,44-,45+,48-,49-,50+,51-/m0/s1. The molecule has 5 aliphatic rings. The number of methoxy groups -OCH3 is 3. The zero-order valence-electron chi connectivity index (χ0n) is 42.3. The van der Waals surface area contributed by atoms with E-state index < -0.39 is 43.1 Å². The summed E-state index contributed by atoms with van der Waals surface area (Å²) < 4.78 is 67.3. The summed E-state index contributed by atoms with van der Waals surface area (Å²) in [5.74, 6) is -2.00. The summed E-state index contributed by atoms with van der Waals surface area (Å²) in [6, 6.07) is 7.78. The lowest BCUT2D eigenvalue weighted by Gasteiger charge is -2.50. The molecule has 5 fully saturated rings. The summed E-state index contributed by atoms with van der Waals surface area (Å²) in [5, 5.41) is 0.768. The molecule has 1 spiro atoms. The molecule has 64 heavy (non-hydrogen) atoms. The van der Waals surface area contributed by atoms with Crippen molar-refractivity contribution in [3.63, 3.8) is 0 Å². The number of hydrogen-bond acceptors (Lipinski definition) is 11. The van der Waals surface area contributed by atoms with Crippen LogP contribution >= 0.6 is 11.6 Å². The first-order chi connectivity index (χ1) is 29.9. The second kappa shape index (κ2) is 20.1. The minimum Gasteiger partial charge on any atom is -0.469 e. The summed E-state index contributed by atoms with van der Waals surface area (Å²) in [6.07, 6.45) is 5.07. The second-order valence-corrected chi connectivity index (χ2v) is 27.7. The van der Waals surface area contributed by atoms with Crippen LogP contribution in [0, 0.1) is 35.5 Å². The highest BCUT2D eigenvalue weighted by Crippen LogP contribution is 2.55. The van der Waals surface area contributed by atoms with E-state index in [0.29, 0.717) is 37.0 Å². The number of halogens is 1. The van der Waals surface area contributed by atoms with E-state index in [1.54, 1.807) is 14.2 Å². The van der Waals surface area contributed by atoms with Crippen molar-refractivity contribution >= 4 is 25.9 Å². The number of carbonyl (C=O) groups excluding carboxylic acids is 1. The number of ether oxygens (including phenoxy) is 9. The van der Waals surface area contributed by atoms with E-state index in [1.807, 2.05) is 31.2 Å². The van der Waals surface area contributed by atoms with Gasteiger partial charge in [-0.3, -0.25) is 4.79 Å². The molecule has 5 saturated heterocycles. The van der Waals surface area contributed by atoms with E-state index in [2.05, 4.69) is 82.3 Å². The lowest BCUT2D eigenvalue weighted by Crippen LogP contribution is -2.59. The molecule has 6 rings (SSSR count). The van der Waals surface area contributed by atoms with Crippen molar-refractivity contribution in [2.24, 2.45) is 35.5 Å². The second-order valence-electron chi connectivity index (χ2n) is 22.5. The van der Waals surface area contributed by atoms with Gasteiger partial charge in [0, 0.05) is 49.8 Å². The van der Waals surface area contributed by atoms with Crippen LogP contribution < -0.4 is 0 Å². The fourth-order valence-corrected chi connectivity index (χ4v) is 13.0. The topological polar surface area (TPSA) is 109 Å². The van der Waals surface area contributed by atoms with E-state index in [9.17, 15) is 4.79 Å². The molecule has 5 aliphatic heterocycles. The van der Waals surface area contributed by atoms with Crippen molar-refractivity contribution in [2.75, 3.05) is 27.9 Å². The van der Waals surface area contributed by atoms with Gasteiger partial charge in [-0.15, -0.1) is 0 Å². The summed E-state index contributed by atoms with van der Waals surface area (Å²) >= 11 is 6.22. The first kappa shape index (κ1) is 52.2. The molecule has 1 aromatic carbocycles. The van der Waals surface area contributed by atoms with Crippen LogP contribution in [0.25, 0.3) is 0 Å². The van der Waals surface area contributed by atoms with Crippen molar-refractivity contribution in [3.05, 3.63) is 34.9 Å². The van der Waals surface area contributed by atoms with Crippen LogP contribution in [-0.2, 0) is 58.5 Å². The SMILES string of the molecule is CC[C@@]1([C@@H]2O[C@@H]([C@H]3O[C@](CO[Si](C)(C)C(C)(C)C)(OC)[C@H](C)C[C@@H]3C)C[C@@H]2C)CC[C@H]([C@]2(C)CC[C@]3(C[C@H](OCc4ccc(Cl)cc4)[C@@H](C)[C@@H]([C@@H](C)[C@@H](OC)[C@H](C)C(=O)OC)O3)O2)O1. The third kappa shape index (κ3) is 10.4. The average molecular weight is 938 g/mol. The Bertz CT molecular complexity index is 1710. The molecule has 13 heteroatoms. The van der Waals surface area contributed by atoms with Gasteiger partial charge in [-0.2, -0.15) is 0 Å². The van der Waals surface area contributed by atoms with E-state index >= 15 is 0 Å². The van der Waals surface area contributed by atoms with Gasteiger partial charge in [0.1, 0.15) is 0 Å². The molecule has 0 radical (unpaired) electrons. The van der Waals surface area contributed by atoms with Crippen LogP contribution in [0.2, 0.25) is 23.2 Å². The van der Waals surface area contributed by atoms with Crippen molar-refractivity contribution in [2.45, 2.75) is 218 Å². The van der Waals surface area contributed by atoms with Crippen molar-refractivity contribution in [1.82, 2.24) is 0 Å². The Labute approximate surface area is 392 Å². The molecule has 0 aliphatic carbocycles.